The van der Waals surface area contributed by atoms with E-state index in [1.54, 1.807) is 24.3 Å². The molecule has 0 saturated heterocycles. The van der Waals surface area contributed by atoms with E-state index in [-0.39, 0.29) is 23.1 Å². The van der Waals surface area contributed by atoms with Gasteiger partial charge >= 0.3 is 5.97 Å². The number of esters is 1. The van der Waals surface area contributed by atoms with Gasteiger partial charge in [-0.2, -0.15) is 0 Å². The second-order valence-corrected chi connectivity index (χ2v) is 10.9. The molecule has 4 aromatic carbocycles. The van der Waals surface area contributed by atoms with Crippen LogP contribution in [0.1, 0.15) is 54.4 Å². The molecule has 0 saturated carbocycles. The molecule has 0 spiro atoms. The summed E-state index contributed by atoms with van der Waals surface area (Å²) in [7, 11) is 1.21. The first-order chi connectivity index (χ1) is 21.5. The molecule has 5 N–H and O–H groups in total. The van der Waals surface area contributed by atoms with Crippen molar-refractivity contribution in [2.45, 2.75) is 38.7 Å². The summed E-state index contributed by atoms with van der Waals surface area (Å²) in [5.74, 6) is -3.97. The first-order valence-electron chi connectivity index (χ1n) is 14.1. The summed E-state index contributed by atoms with van der Waals surface area (Å²) in [5.41, 5.74) is 1.44. The third-order valence-electron chi connectivity index (χ3n) is 7.66. The van der Waals surface area contributed by atoms with Crippen molar-refractivity contribution >= 4 is 16.9 Å². The van der Waals surface area contributed by atoms with Crippen molar-refractivity contribution < 1.29 is 44.2 Å². The van der Waals surface area contributed by atoms with Gasteiger partial charge in [-0.1, -0.05) is 50.2 Å². The molecule has 0 amide bonds. The topological polar surface area (TPSA) is 167 Å². The van der Waals surface area contributed by atoms with Crippen LogP contribution >= 0.6 is 0 Å². The number of methoxy groups -OCH3 is 1. The van der Waals surface area contributed by atoms with E-state index >= 15 is 0 Å². The summed E-state index contributed by atoms with van der Waals surface area (Å²) in [5, 5.41) is 51.7. The zero-order chi connectivity index (χ0) is 32.4. The second-order valence-electron chi connectivity index (χ2n) is 10.9. The standard InChI is InChI=1S/C35H32O10/c1-18(2)20-6-4-19(5-7-20)17-44-23-11-8-21(9-12-23)24(15-29(40)43-3)30-27(38)16-28(39)31-32(41)33(42)34(45-35(30)31)22-10-13-25(36)26(37)14-22/h4-14,16,18,24,36-39,42H,15,17H2,1-3H3/t24-/m1/s1. The number of phenolic OH excluding ortho intramolecular Hbond substituents is 4. The van der Waals surface area contributed by atoms with Crippen molar-refractivity contribution in [2.75, 3.05) is 7.11 Å². The van der Waals surface area contributed by atoms with Crippen LogP contribution in [0.4, 0.5) is 0 Å². The largest absolute Gasteiger partial charge is 0.507 e. The lowest BCUT2D eigenvalue weighted by Gasteiger charge is -2.21. The van der Waals surface area contributed by atoms with Crippen LogP contribution in [0, 0.1) is 0 Å². The van der Waals surface area contributed by atoms with Gasteiger partial charge in [0, 0.05) is 23.1 Å². The number of carbonyl (C=O) groups excluding carboxylic acids is 1. The Balaban J connectivity index is 1.58. The molecule has 0 unspecified atom stereocenters. The molecule has 0 aliphatic rings. The minimum absolute atomic E-state index is 0.0199. The maximum Gasteiger partial charge on any atom is 0.306 e. The van der Waals surface area contributed by atoms with Crippen LogP contribution in [-0.4, -0.2) is 38.6 Å². The second kappa shape index (κ2) is 12.5. The molecule has 0 bridgehead atoms. The van der Waals surface area contributed by atoms with E-state index in [1.807, 2.05) is 12.1 Å². The fourth-order valence-electron chi connectivity index (χ4n) is 5.14. The van der Waals surface area contributed by atoms with Crippen molar-refractivity contribution in [1.29, 1.82) is 0 Å². The lowest BCUT2D eigenvalue weighted by atomic mass is 9.86. The third kappa shape index (κ3) is 6.21. The predicted molar refractivity (Wildman–Crippen MR) is 166 cm³/mol. The zero-order valence-electron chi connectivity index (χ0n) is 24.8. The van der Waals surface area contributed by atoms with Crippen LogP contribution in [0.15, 0.2) is 82.0 Å². The van der Waals surface area contributed by atoms with E-state index in [0.29, 0.717) is 23.8 Å². The van der Waals surface area contributed by atoms with Crippen LogP contribution in [0.25, 0.3) is 22.3 Å². The predicted octanol–water partition coefficient (Wildman–Crippen LogP) is 6.39. The molecule has 0 fully saturated rings. The Labute approximate surface area is 258 Å². The Kier molecular flexibility index (Phi) is 8.58. The van der Waals surface area contributed by atoms with Crippen LogP contribution < -0.4 is 10.2 Å². The number of hydrogen-bond acceptors (Lipinski definition) is 10. The zero-order valence-corrected chi connectivity index (χ0v) is 24.8. The van der Waals surface area contributed by atoms with E-state index in [0.717, 1.165) is 23.8 Å². The van der Waals surface area contributed by atoms with Gasteiger partial charge in [0.2, 0.25) is 11.2 Å². The summed E-state index contributed by atoms with van der Waals surface area (Å²) in [6.07, 6.45) is -0.285. The van der Waals surface area contributed by atoms with E-state index in [9.17, 15) is 35.1 Å². The molecule has 45 heavy (non-hydrogen) atoms. The normalized spacial score (nSPS) is 11.9. The number of phenols is 4. The summed E-state index contributed by atoms with van der Waals surface area (Å²) >= 11 is 0. The molecule has 10 nitrogen and oxygen atoms in total. The fraction of sp³-hybridized carbons (Fsp3) is 0.200. The molecule has 0 aliphatic heterocycles. The van der Waals surface area contributed by atoms with Crippen molar-refractivity contribution in [1.82, 2.24) is 0 Å². The molecular weight excluding hydrogens is 580 g/mol. The smallest absolute Gasteiger partial charge is 0.306 e. The number of carbonyl (C=O) groups is 1. The van der Waals surface area contributed by atoms with Crippen LogP contribution in [0.5, 0.6) is 34.5 Å². The van der Waals surface area contributed by atoms with Crippen molar-refractivity contribution in [3.05, 3.63) is 105 Å². The van der Waals surface area contributed by atoms with Crippen LogP contribution in [0.3, 0.4) is 0 Å². The monoisotopic (exact) mass is 612 g/mol. The highest BCUT2D eigenvalue weighted by Gasteiger charge is 2.30. The Morgan fingerprint density at radius 2 is 1.47 bits per heavy atom. The van der Waals surface area contributed by atoms with Gasteiger partial charge in [0.25, 0.3) is 0 Å². The molecule has 1 atom stereocenters. The van der Waals surface area contributed by atoms with E-state index in [4.69, 9.17) is 13.9 Å². The third-order valence-corrected chi connectivity index (χ3v) is 7.66. The summed E-state index contributed by atoms with van der Waals surface area (Å²) in [6, 6.07) is 19.4. The molecular formula is C35H32O10. The van der Waals surface area contributed by atoms with Crippen molar-refractivity contribution in [2.24, 2.45) is 0 Å². The van der Waals surface area contributed by atoms with Gasteiger partial charge in [0.15, 0.2) is 17.3 Å². The lowest BCUT2D eigenvalue weighted by molar-refractivity contribution is -0.140. The highest BCUT2D eigenvalue weighted by molar-refractivity contribution is 5.92. The molecule has 1 heterocycles. The van der Waals surface area contributed by atoms with Gasteiger partial charge in [-0.15, -0.1) is 0 Å². The first-order valence-corrected chi connectivity index (χ1v) is 14.1. The average molecular weight is 613 g/mol. The highest BCUT2D eigenvalue weighted by Crippen LogP contribution is 2.45. The molecule has 5 rings (SSSR count). The van der Waals surface area contributed by atoms with Crippen LogP contribution in [-0.2, 0) is 16.1 Å². The van der Waals surface area contributed by atoms with E-state index < -0.39 is 57.2 Å². The molecule has 0 aliphatic carbocycles. The quantitative estimate of drug-likeness (QED) is 0.0930. The summed E-state index contributed by atoms with van der Waals surface area (Å²) in [6.45, 7) is 4.58. The number of ether oxygens (including phenoxy) is 2. The van der Waals surface area contributed by atoms with Gasteiger partial charge < -0.3 is 39.4 Å². The molecule has 10 heteroatoms. The lowest BCUT2D eigenvalue weighted by Crippen LogP contribution is -2.12. The molecule has 5 aromatic rings. The van der Waals surface area contributed by atoms with E-state index in [2.05, 4.69) is 26.0 Å². The summed E-state index contributed by atoms with van der Waals surface area (Å²) in [4.78, 5) is 25.9. The maximum absolute atomic E-state index is 13.3. The van der Waals surface area contributed by atoms with E-state index in [1.165, 1.54) is 18.7 Å². The van der Waals surface area contributed by atoms with Crippen molar-refractivity contribution in [3.8, 4) is 45.8 Å². The number of fused-ring (bicyclic) bond motifs is 1. The SMILES string of the molecule is COC(=O)C[C@H](c1ccc(OCc2ccc(C(C)C)cc2)cc1)c1c(O)cc(O)c2c(=O)c(O)c(-c3ccc(O)c(O)c3)oc12. The highest BCUT2D eigenvalue weighted by atomic mass is 16.5. The Morgan fingerprint density at radius 1 is 0.800 bits per heavy atom. The average Bonchev–Trinajstić information content (AvgIpc) is 3.02. The number of aromatic hydroxyl groups is 5. The van der Waals surface area contributed by atoms with Gasteiger partial charge in [-0.25, -0.2) is 0 Å². The minimum atomic E-state index is -1.01. The molecule has 0 radical (unpaired) electrons. The Hall–Kier alpha value is -5.64. The van der Waals surface area contributed by atoms with Gasteiger partial charge in [-0.3, -0.25) is 9.59 Å². The number of rotatable bonds is 9. The van der Waals surface area contributed by atoms with Crippen LogP contribution in [0.2, 0.25) is 0 Å². The molecule has 232 valence electrons. The minimum Gasteiger partial charge on any atom is -0.507 e. The number of hydrogen-bond donors (Lipinski definition) is 5. The Bertz CT molecular complexity index is 1920. The first kappa shape index (κ1) is 30.8. The van der Waals surface area contributed by atoms with Crippen molar-refractivity contribution in [3.63, 3.8) is 0 Å². The summed E-state index contributed by atoms with van der Waals surface area (Å²) < 4.78 is 16.8. The fourth-order valence-corrected chi connectivity index (χ4v) is 5.14. The van der Waals surface area contributed by atoms with Gasteiger partial charge in [0.05, 0.1) is 13.5 Å². The Morgan fingerprint density at radius 3 is 2.09 bits per heavy atom. The number of benzene rings is 4. The van der Waals surface area contributed by atoms with Gasteiger partial charge in [-0.05, 0) is 52.9 Å². The maximum atomic E-state index is 13.3. The molecule has 1 aromatic heterocycles. The van der Waals surface area contributed by atoms with Gasteiger partial charge in [0.1, 0.15) is 34.8 Å².